The summed E-state index contributed by atoms with van der Waals surface area (Å²) in [7, 11) is 0. The quantitative estimate of drug-likeness (QED) is 0.711. The van der Waals surface area contributed by atoms with Crippen molar-refractivity contribution in [1.82, 2.24) is 4.98 Å². The summed E-state index contributed by atoms with van der Waals surface area (Å²) >= 11 is 0. The van der Waals surface area contributed by atoms with E-state index >= 15 is 0 Å². The maximum Gasteiger partial charge on any atom is 0.305 e. The van der Waals surface area contributed by atoms with E-state index in [1.807, 2.05) is 30.5 Å². The van der Waals surface area contributed by atoms with E-state index in [-0.39, 0.29) is 6.42 Å². The molecular weight excluding hydrogens is 192 g/mol. The second-order valence-electron chi connectivity index (χ2n) is 3.49. The van der Waals surface area contributed by atoms with E-state index in [0.717, 1.165) is 16.5 Å². The molecule has 0 radical (unpaired) electrons. The van der Waals surface area contributed by atoms with Crippen LogP contribution < -0.4 is 5.73 Å². The average molecular weight is 204 g/mol. The van der Waals surface area contributed by atoms with Crippen LogP contribution in [0.2, 0.25) is 0 Å². The lowest BCUT2D eigenvalue weighted by atomic mass is 10.0. The molecule has 2 aromatic rings. The molecule has 0 aliphatic heterocycles. The van der Waals surface area contributed by atoms with Gasteiger partial charge in [0, 0.05) is 12.2 Å². The Hall–Kier alpha value is -1.81. The molecule has 4 nitrogen and oxygen atoms in total. The van der Waals surface area contributed by atoms with E-state index in [2.05, 4.69) is 4.98 Å². The molecule has 0 saturated heterocycles. The number of carbonyl (C=O) groups is 1. The number of hydrogen-bond acceptors (Lipinski definition) is 2. The molecular formula is C11H12N2O2. The lowest BCUT2D eigenvalue weighted by Crippen LogP contribution is -2.15. The van der Waals surface area contributed by atoms with Crippen LogP contribution in [0.1, 0.15) is 18.0 Å². The molecule has 4 heteroatoms. The molecule has 0 aliphatic rings. The third-order valence-corrected chi connectivity index (χ3v) is 2.41. The summed E-state index contributed by atoms with van der Waals surface area (Å²) in [4.78, 5) is 13.6. The molecule has 15 heavy (non-hydrogen) atoms. The molecule has 2 rings (SSSR count). The van der Waals surface area contributed by atoms with E-state index in [1.165, 1.54) is 0 Å². The van der Waals surface area contributed by atoms with Crippen LogP contribution in [0.15, 0.2) is 30.5 Å². The predicted molar refractivity (Wildman–Crippen MR) is 57.5 cm³/mol. The Morgan fingerprint density at radius 2 is 2.27 bits per heavy atom. The molecule has 1 aromatic carbocycles. The first-order valence-electron chi connectivity index (χ1n) is 4.72. The highest BCUT2D eigenvalue weighted by atomic mass is 16.4. The molecule has 0 spiro atoms. The van der Waals surface area contributed by atoms with Gasteiger partial charge in [0.2, 0.25) is 0 Å². The number of fused-ring (bicyclic) bond motifs is 1. The first kappa shape index (κ1) is 9.73. The Morgan fingerprint density at radius 1 is 1.47 bits per heavy atom. The number of benzene rings is 1. The highest BCUT2D eigenvalue weighted by Crippen LogP contribution is 2.23. The predicted octanol–water partition coefficient (Wildman–Crippen LogP) is 1.64. The van der Waals surface area contributed by atoms with Gasteiger partial charge in [0.05, 0.1) is 11.9 Å². The van der Waals surface area contributed by atoms with Gasteiger partial charge in [-0.25, -0.2) is 0 Å². The molecule has 1 atom stereocenters. The van der Waals surface area contributed by atoms with Gasteiger partial charge in [-0.1, -0.05) is 18.2 Å². The number of rotatable bonds is 3. The normalized spacial score (nSPS) is 12.9. The van der Waals surface area contributed by atoms with E-state index in [9.17, 15) is 4.79 Å². The molecule has 0 bridgehead atoms. The first-order chi connectivity index (χ1) is 7.18. The van der Waals surface area contributed by atoms with Crippen LogP contribution in [0.5, 0.6) is 0 Å². The summed E-state index contributed by atoms with van der Waals surface area (Å²) in [6, 6.07) is 7.17. The number of nitrogens with two attached hydrogens (primary N) is 1. The summed E-state index contributed by atoms with van der Waals surface area (Å²) in [6.45, 7) is 0. The van der Waals surface area contributed by atoms with Crippen molar-refractivity contribution >= 4 is 16.9 Å². The number of aromatic amines is 1. The molecule has 4 N–H and O–H groups in total. The summed E-state index contributed by atoms with van der Waals surface area (Å²) in [6.07, 6.45) is 1.76. The van der Waals surface area contributed by atoms with E-state index in [0.29, 0.717) is 0 Å². The number of carboxylic acids is 1. The standard InChI is InChI=1S/C11H12N2O2/c12-9(6-10(14)15)8-3-1-2-7-4-5-13-11(7)8/h1-5,9,13H,6,12H2,(H,14,15)/t9-/m0/s1. The van der Waals surface area contributed by atoms with Gasteiger partial charge in [0.25, 0.3) is 0 Å². The third-order valence-electron chi connectivity index (χ3n) is 2.41. The Morgan fingerprint density at radius 3 is 3.00 bits per heavy atom. The molecule has 0 aliphatic carbocycles. The number of H-pyrrole nitrogens is 1. The van der Waals surface area contributed by atoms with Gasteiger partial charge in [-0.2, -0.15) is 0 Å². The minimum absolute atomic E-state index is 0.0574. The van der Waals surface area contributed by atoms with Gasteiger partial charge >= 0.3 is 5.97 Å². The largest absolute Gasteiger partial charge is 0.481 e. The molecule has 78 valence electrons. The van der Waals surface area contributed by atoms with Crippen molar-refractivity contribution in [2.45, 2.75) is 12.5 Å². The van der Waals surface area contributed by atoms with Crippen molar-refractivity contribution in [1.29, 1.82) is 0 Å². The third kappa shape index (κ3) is 1.85. The SMILES string of the molecule is N[C@@H](CC(=O)O)c1cccc2cc[nH]c12. The van der Waals surface area contributed by atoms with Gasteiger partial charge < -0.3 is 15.8 Å². The molecule has 1 aromatic heterocycles. The topological polar surface area (TPSA) is 79.1 Å². The van der Waals surface area contributed by atoms with Crippen molar-refractivity contribution in [3.63, 3.8) is 0 Å². The van der Waals surface area contributed by atoms with Crippen LogP contribution in [0.3, 0.4) is 0 Å². The summed E-state index contributed by atoms with van der Waals surface area (Å²) in [5, 5.41) is 9.73. The monoisotopic (exact) mass is 204 g/mol. The van der Waals surface area contributed by atoms with Gasteiger partial charge in [-0.15, -0.1) is 0 Å². The second-order valence-corrected chi connectivity index (χ2v) is 3.49. The maximum atomic E-state index is 10.6. The number of aromatic nitrogens is 1. The van der Waals surface area contributed by atoms with Crippen LogP contribution >= 0.6 is 0 Å². The van der Waals surface area contributed by atoms with Crippen LogP contribution in [0.25, 0.3) is 10.9 Å². The average Bonchev–Trinajstić information content (AvgIpc) is 2.63. The molecule has 0 saturated carbocycles. The minimum Gasteiger partial charge on any atom is -0.481 e. The zero-order valence-electron chi connectivity index (χ0n) is 8.10. The fourth-order valence-electron chi connectivity index (χ4n) is 1.72. The molecule has 0 fully saturated rings. The Kier molecular flexibility index (Phi) is 2.43. The smallest absolute Gasteiger partial charge is 0.305 e. The van der Waals surface area contributed by atoms with Crippen molar-refractivity contribution in [2.24, 2.45) is 5.73 Å². The Bertz CT molecular complexity index is 490. The van der Waals surface area contributed by atoms with Crippen molar-refractivity contribution < 1.29 is 9.90 Å². The van der Waals surface area contributed by atoms with Crippen LogP contribution in [0.4, 0.5) is 0 Å². The van der Waals surface area contributed by atoms with Crippen molar-refractivity contribution in [3.05, 3.63) is 36.0 Å². The number of para-hydroxylation sites is 1. The fourth-order valence-corrected chi connectivity index (χ4v) is 1.72. The maximum absolute atomic E-state index is 10.6. The molecule has 0 unspecified atom stereocenters. The number of nitrogens with one attached hydrogen (secondary N) is 1. The zero-order chi connectivity index (χ0) is 10.8. The van der Waals surface area contributed by atoms with E-state index < -0.39 is 12.0 Å². The number of aliphatic carboxylic acids is 1. The Labute approximate surface area is 86.7 Å². The highest BCUT2D eigenvalue weighted by Gasteiger charge is 2.13. The van der Waals surface area contributed by atoms with E-state index in [1.54, 1.807) is 0 Å². The molecule has 0 amide bonds. The Balaban J connectivity index is 2.42. The lowest BCUT2D eigenvalue weighted by Gasteiger charge is -2.10. The van der Waals surface area contributed by atoms with Crippen LogP contribution in [0, 0.1) is 0 Å². The van der Waals surface area contributed by atoms with Crippen LogP contribution in [-0.4, -0.2) is 16.1 Å². The van der Waals surface area contributed by atoms with Crippen molar-refractivity contribution in [3.8, 4) is 0 Å². The van der Waals surface area contributed by atoms with E-state index in [4.69, 9.17) is 10.8 Å². The number of hydrogen-bond donors (Lipinski definition) is 3. The first-order valence-corrected chi connectivity index (χ1v) is 4.72. The van der Waals surface area contributed by atoms with Gasteiger partial charge in [0.15, 0.2) is 0 Å². The van der Waals surface area contributed by atoms with Gasteiger partial charge in [-0.05, 0) is 17.0 Å². The highest BCUT2D eigenvalue weighted by molar-refractivity contribution is 5.83. The van der Waals surface area contributed by atoms with Gasteiger partial charge in [-0.3, -0.25) is 4.79 Å². The summed E-state index contributed by atoms with van der Waals surface area (Å²) in [5.74, 6) is -0.883. The van der Waals surface area contributed by atoms with Crippen LogP contribution in [-0.2, 0) is 4.79 Å². The number of carboxylic acid groups (broad SMARTS) is 1. The van der Waals surface area contributed by atoms with Crippen molar-refractivity contribution in [2.75, 3.05) is 0 Å². The zero-order valence-corrected chi connectivity index (χ0v) is 8.10. The molecule has 1 heterocycles. The minimum atomic E-state index is -0.883. The second kappa shape index (κ2) is 3.74. The summed E-state index contributed by atoms with van der Waals surface area (Å²) < 4.78 is 0. The van der Waals surface area contributed by atoms with Gasteiger partial charge in [0.1, 0.15) is 0 Å². The lowest BCUT2D eigenvalue weighted by molar-refractivity contribution is -0.137. The fraction of sp³-hybridized carbons (Fsp3) is 0.182. The summed E-state index contributed by atoms with van der Waals surface area (Å²) in [5.41, 5.74) is 7.59.